The lowest BCUT2D eigenvalue weighted by atomic mass is 10.3. The van der Waals surface area contributed by atoms with Gasteiger partial charge in [0, 0.05) is 11.4 Å². The third-order valence-corrected chi connectivity index (χ3v) is 3.38. The quantitative estimate of drug-likeness (QED) is 0.872. The molecule has 2 aromatic rings. The Morgan fingerprint density at radius 1 is 1.59 bits per heavy atom. The van der Waals surface area contributed by atoms with E-state index in [1.54, 1.807) is 6.07 Å². The first kappa shape index (κ1) is 12.0. The smallest absolute Gasteiger partial charge is 0.358 e. The molecule has 0 atom stereocenters. The van der Waals surface area contributed by atoms with Crippen molar-refractivity contribution in [1.29, 1.82) is 0 Å². The predicted octanol–water partition coefficient (Wildman–Crippen LogP) is 1.20. The number of carbonyl (C=O) groups is 1. The van der Waals surface area contributed by atoms with Crippen molar-refractivity contribution in [2.45, 2.75) is 13.1 Å². The molecular formula is C9H9ClN4O2S. The summed E-state index contributed by atoms with van der Waals surface area (Å²) < 4.78 is 2.15. The lowest BCUT2D eigenvalue weighted by molar-refractivity contribution is 0.0689. The SMILES string of the molecule is NCc1c(C(=O)O)nnn1Cc1ccc(Cl)s1. The molecule has 0 aliphatic heterocycles. The predicted molar refractivity (Wildman–Crippen MR) is 63.3 cm³/mol. The topological polar surface area (TPSA) is 94.0 Å². The average Bonchev–Trinajstić information content (AvgIpc) is 2.85. The van der Waals surface area contributed by atoms with Crippen LogP contribution < -0.4 is 5.73 Å². The maximum absolute atomic E-state index is 10.9. The van der Waals surface area contributed by atoms with Crippen LogP contribution in [-0.2, 0) is 13.1 Å². The molecule has 0 aliphatic rings. The average molecular weight is 273 g/mol. The van der Waals surface area contributed by atoms with Crippen molar-refractivity contribution in [3.8, 4) is 0 Å². The first-order chi connectivity index (χ1) is 8.11. The molecule has 0 unspecified atom stereocenters. The van der Waals surface area contributed by atoms with Gasteiger partial charge in [0.2, 0.25) is 0 Å². The fourth-order valence-electron chi connectivity index (χ4n) is 1.41. The van der Waals surface area contributed by atoms with Gasteiger partial charge >= 0.3 is 5.97 Å². The van der Waals surface area contributed by atoms with E-state index in [0.717, 1.165) is 4.88 Å². The fourth-order valence-corrected chi connectivity index (χ4v) is 2.48. The first-order valence-corrected chi connectivity index (χ1v) is 5.91. The number of halogens is 1. The largest absolute Gasteiger partial charge is 0.476 e. The van der Waals surface area contributed by atoms with Gasteiger partial charge < -0.3 is 10.8 Å². The third kappa shape index (κ3) is 2.46. The molecule has 0 radical (unpaired) electrons. The molecule has 90 valence electrons. The number of rotatable bonds is 4. The van der Waals surface area contributed by atoms with Gasteiger partial charge in [-0.3, -0.25) is 0 Å². The molecule has 8 heteroatoms. The van der Waals surface area contributed by atoms with Crippen LogP contribution in [-0.4, -0.2) is 26.1 Å². The summed E-state index contributed by atoms with van der Waals surface area (Å²) in [5.41, 5.74) is 5.81. The van der Waals surface area contributed by atoms with Crippen molar-refractivity contribution in [1.82, 2.24) is 15.0 Å². The summed E-state index contributed by atoms with van der Waals surface area (Å²) in [6.45, 7) is 0.498. The molecule has 2 heterocycles. The molecule has 0 aromatic carbocycles. The van der Waals surface area contributed by atoms with Crippen LogP contribution in [0.3, 0.4) is 0 Å². The number of carboxylic acid groups (broad SMARTS) is 1. The Labute approximate surface area is 106 Å². The number of hydrogen-bond acceptors (Lipinski definition) is 5. The zero-order valence-electron chi connectivity index (χ0n) is 8.63. The zero-order chi connectivity index (χ0) is 12.4. The van der Waals surface area contributed by atoms with Gasteiger partial charge in [-0.15, -0.1) is 16.4 Å². The highest BCUT2D eigenvalue weighted by Crippen LogP contribution is 2.22. The van der Waals surface area contributed by atoms with E-state index in [4.69, 9.17) is 22.4 Å². The normalized spacial score (nSPS) is 10.7. The van der Waals surface area contributed by atoms with Crippen molar-refractivity contribution >= 4 is 28.9 Å². The van der Waals surface area contributed by atoms with Gasteiger partial charge in [-0.05, 0) is 12.1 Å². The molecule has 0 saturated carbocycles. The Kier molecular flexibility index (Phi) is 3.41. The number of aromatic carboxylic acids is 1. The molecular weight excluding hydrogens is 264 g/mol. The molecule has 0 fully saturated rings. The number of carboxylic acids is 1. The number of thiophene rings is 1. The van der Waals surface area contributed by atoms with Gasteiger partial charge in [0.05, 0.1) is 16.6 Å². The molecule has 0 aliphatic carbocycles. The summed E-state index contributed by atoms with van der Waals surface area (Å²) in [6, 6.07) is 3.63. The summed E-state index contributed by atoms with van der Waals surface area (Å²) in [5.74, 6) is -1.12. The van der Waals surface area contributed by atoms with Crippen molar-refractivity contribution in [3.63, 3.8) is 0 Å². The molecule has 6 nitrogen and oxygen atoms in total. The van der Waals surface area contributed by atoms with Gasteiger partial charge in [0.1, 0.15) is 0 Å². The maximum Gasteiger partial charge on any atom is 0.358 e. The van der Waals surface area contributed by atoms with Crippen molar-refractivity contribution in [2.75, 3.05) is 0 Å². The fraction of sp³-hybridized carbons (Fsp3) is 0.222. The second-order valence-electron chi connectivity index (χ2n) is 3.26. The highest BCUT2D eigenvalue weighted by molar-refractivity contribution is 7.16. The van der Waals surface area contributed by atoms with Crippen LogP contribution in [0.1, 0.15) is 21.1 Å². The summed E-state index contributed by atoms with van der Waals surface area (Å²) in [4.78, 5) is 11.8. The van der Waals surface area contributed by atoms with Crippen LogP contribution in [0.5, 0.6) is 0 Å². The van der Waals surface area contributed by atoms with E-state index in [0.29, 0.717) is 16.6 Å². The van der Waals surface area contributed by atoms with E-state index < -0.39 is 5.97 Å². The second kappa shape index (κ2) is 4.82. The summed E-state index contributed by atoms with van der Waals surface area (Å²) >= 11 is 7.22. The molecule has 2 aromatic heterocycles. The van der Waals surface area contributed by atoms with E-state index in [1.165, 1.54) is 16.0 Å². The Hall–Kier alpha value is -1.44. The lowest BCUT2D eigenvalue weighted by Crippen LogP contribution is -2.12. The lowest BCUT2D eigenvalue weighted by Gasteiger charge is -2.02. The number of hydrogen-bond donors (Lipinski definition) is 2. The number of aromatic nitrogens is 3. The Morgan fingerprint density at radius 2 is 2.35 bits per heavy atom. The van der Waals surface area contributed by atoms with E-state index >= 15 is 0 Å². The van der Waals surface area contributed by atoms with Crippen molar-refractivity contribution in [2.24, 2.45) is 5.73 Å². The molecule has 0 amide bonds. The third-order valence-electron chi connectivity index (χ3n) is 2.17. The minimum Gasteiger partial charge on any atom is -0.476 e. The minimum absolute atomic E-state index is 0.0771. The van der Waals surface area contributed by atoms with Gasteiger partial charge in [0.15, 0.2) is 5.69 Å². The number of nitrogens with zero attached hydrogens (tertiary/aromatic N) is 3. The van der Waals surface area contributed by atoms with Gasteiger partial charge in [-0.2, -0.15) is 0 Å². The van der Waals surface area contributed by atoms with Crippen LogP contribution in [0.15, 0.2) is 12.1 Å². The highest BCUT2D eigenvalue weighted by Gasteiger charge is 2.17. The summed E-state index contributed by atoms with van der Waals surface area (Å²) in [6.07, 6.45) is 0. The molecule has 2 rings (SSSR count). The van der Waals surface area contributed by atoms with Gasteiger partial charge in [-0.25, -0.2) is 9.48 Å². The van der Waals surface area contributed by atoms with E-state index in [2.05, 4.69) is 10.3 Å². The van der Waals surface area contributed by atoms with Crippen LogP contribution in [0.2, 0.25) is 4.34 Å². The van der Waals surface area contributed by atoms with Gasteiger partial charge in [-0.1, -0.05) is 16.8 Å². The molecule has 17 heavy (non-hydrogen) atoms. The van der Waals surface area contributed by atoms with Crippen molar-refractivity contribution < 1.29 is 9.90 Å². The van der Waals surface area contributed by atoms with Crippen molar-refractivity contribution in [3.05, 3.63) is 32.7 Å². The van der Waals surface area contributed by atoms with Crippen LogP contribution in [0.25, 0.3) is 0 Å². The summed E-state index contributed by atoms with van der Waals surface area (Å²) in [7, 11) is 0. The van der Waals surface area contributed by atoms with E-state index in [-0.39, 0.29) is 12.2 Å². The monoisotopic (exact) mass is 272 g/mol. The number of nitrogens with two attached hydrogens (primary N) is 1. The highest BCUT2D eigenvalue weighted by atomic mass is 35.5. The molecule has 0 saturated heterocycles. The van der Waals surface area contributed by atoms with Crippen LogP contribution in [0.4, 0.5) is 0 Å². The zero-order valence-corrected chi connectivity index (χ0v) is 10.2. The molecule has 3 N–H and O–H groups in total. The molecule has 0 bridgehead atoms. The van der Waals surface area contributed by atoms with Crippen LogP contribution in [0, 0.1) is 0 Å². The maximum atomic E-state index is 10.9. The minimum atomic E-state index is -1.12. The Morgan fingerprint density at radius 3 is 2.88 bits per heavy atom. The van der Waals surface area contributed by atoms with Crippen LogP contribution >= 0.6 is 22.9 Å². The van der Waals surface area contributed by atoms with Gasteiger partial charge in [0.25, 0.3) is 0 Å². The Balaban J connectivity index is 2.30. The summed E-state index contributed by atoms with van der Waals surface area (Å²) in [5, 5.41) is 16.3. The second-order valence-corrected chi connectivity index (χ2v) is 5.06. The first-order valence-electron chi connectivity index (χ1n) is 4.71. The van der Waals surface area contributed by atoms with E-state index in [1.807, 2.05) is 6.07 Å². The standard InChI is InChI=1S/C9H9ClN4O2S/c10-7-2-1-5(17-7)4-14-6(3-11)8(9(15)16)12-13-14/h1-2H,3-4,11H2,(H,15,16). The Bertz CT molecular complexity index is 551. The molecule has 0 spiro atoms. The van der Waals surface area contributed by atoms with E-state index in [9.17, 15) is 4.79 Å².